The third-order valence-corrected chi connectivity index (χ3v) is 5.32. The van der Waals surface area contributed by atoms with Crippen molar-refractivity contribution in [3.63, 3.8) is 0 Å². The van der Waals surface area contributed by atoms with E-state index < -0.39 is 0 Å². The number of nitrogens with zero attached hydrogens (tertiary/aromatic N) is 5. The molecule has 0 fully saturated rings. The fourth-order valence-corrected chi connectivity index (χ4v) is 3.93. The predicted octanol–water partition coefficient (Wildman–Crippen LogP) is 4.96. The number of rotatable bonds is 2. The van der Waals surface area contributed by atoms with Crippen LogP contribution in [0.25, 0.3) is 49.9 Å². The molecule has 1 N–H and O–H groups in total. The van der Waals surface area contributed by atoms with Gasteiger partial charge in [0.1, 0.15) is 28.6 Å². The summed E-state index contributed by atoms with van der Waals surface area (Å²) in [5, 5.41) is 2.01. The molecule has 7 heteroatoms. The Balaban J connectivity index is 1.63. The molecule has 0 radical (unpaired) electrons. The number of halogens is 1. The summed E-state index contributed by atoms with van der Waals surface area (Å²) in [6, 6.07) is 13.3. The van der Waals surface area contributed by atoms with Gasteiger partial charge in [-0.1, -0.05) is 6.07 Å². The lowest BCUT2D eigenvalue weighted by atomic mass is 10.0. The second kappa shape index (κ2) is 6.18. The average Bonchev–Trinajstić information content (AvgIpc) is 3.37. The molecule has 1 aromatic carbocycles. The molecule has 0 atom stereocenters. The minimum atomic E-state index is -0.373. The highest BCUT2D eigenvalue weighted by atomic mass is 19.1. The molecular weight excluding hydrogens is 379 g/mol. The maximum absolute atomic E-state index is 13.4. The van der Waals surface area contributed by atoms with E-state index in [4.69, 9.17) is 0 Å². The molecule has 0 saturated carbocycles. The highest BCUT2D eigenvalue weighted by Gasteiger charge is 2.15. The number of benzene rings is 1. The van der Waals surface area contributed by atoms with Crippen LogP contribution in [0.4, 0.5) is 4.39 Å². The topological polar surface area (TPSA) is 72.3 Å². The Morgan fingerprint density at radius 3 is 2.67 bits per heavy atom. The van der Waals surface area contributed by atoms with Crippen LogP contribution in [0.2, 0.25) is 0 Å². The molecule has 6 aromatic rings. The molecule has 0 aliphatic heterocycles. The Kier molecular flexibility index (Phi) is 3.46. The Bertz CT molecular complexity index is 1560. The zero-order chi connectivity index (χ0) is 20.2. The van der Waals surface area contributed by atoms with Crippen molar-refractivity contribution >= 4 is 33.0 Å². The second-order valence-electron chi connectivity index (χ2n) is 7.19. The lowest BCUT2D eigenvalue weighted by Crippen LogP contribution is -2.00. The first-order valence-electron chi connectivity index (χ1n) is 9.51. The lowest BCUT2D eigenvalue weighted by Gasteiger charge is -2.09. The molecule has 0 aliphatic carbocycles. The van der Waals surface area contributed by atoms with E-state index in [-0.39, 0.29) is 5.82 Å². The number of imidazole rings is 1. The summed E-state index contributed by atoms with van der Waals surface area (Å²) in [5.74, 6) is 1.01. The molecule has 0 saturated heterocycles. The van der Waals surface area contributed by atoms with E-state index in [9.17, 15) is 4.39 Å². The molecule has 0 amide bonds. The number of nitrogens with one attached hydrogen (secondary N) is 1. The van der Waals surface area contributed by atoms with Crippen molar-refractivity contribution in [1.82, 2.24) is 29.5 Å². The normalized spacial score (nSPS) is 11.7. The Hall–Kier alpha value is -4.13. The first-order valence-corrected chi connectivity index (χ1v) is 9.51. The molecule has 0 bridgehead atoms. The van der Waals surface area contributed by atoms with Gasteiger partial charge in [-0.2, -0.15) is 0 Å². The van der Waals surface area contributed by atoms with Crippen LogP contribution >= 0.6 is 0 Å². The molecule has 30 heavy (non-hydrogen) atoms. The maximum Gasteiger partial charge on any atom is 0.141 e. The van der Waals surface area contributed by atoms with Crippen molar-refractivity contribution in [1.29, 1.82) is 0 Å². The summed E-state index contributed by atoms with van der Waals surface area (Å²) in [4.78, 5) is 21.1. The van der Waals surface area contributed by atoms with Gasteiger partial charge < -0.3 is 4.98 Å². The Labute approximate surface area is 170 Å². The molecule has 0 spiro atoms. The van der Waals surface area contributed by atoms with Crippen molar-refractivity contribution < 1.29 is 4.39 Å². The van der Waals surface area contributed by atoms with Gasteiger partial charge in [-0.05, 0) is 48.9 Å². The van der Waals surface area contributed by atoms with E-state index >= 15 is 0 Å². The number of aryl methyl sites for hydroxylation is 1. The third kappa shape index (κ3) is 2.49. The van der Waals surface area contributed by atoms with Gasteiger partial charge in [0, 0.05) is 28.7 Å². The molecule has 6 rings (SSSR count). The monoisotopic (exact) mass is 394 g/mol. The van der Waals surface area contributed by atoms with Crippen LogP contribution in [-0.4, -0.2) is 29.5 Å². The van der Waals surface area contributed by atoms with Gasteiger partial charge in [0.05, 0.1) is 23.4 Å². The molecule has 5 aromatic heterocycles. The average molecular weight is 394 g/mol. The molecule has 144 valence electrons. The fourth-order valence-electron chi connectivity index (χ4n) is 3.93. The zero-order valence-corrected chi connectivity index (χ0v) is 16.0. The predicted molar refractivity (Wildman–Crippen MR) is 114 cm³/mol. The van der Waals surface area contributed by atoms with Crippen molar-refractivity contribution in [2.75, 3.05) is 0 Å². The zero-order valence-electron chi connectivity index (χ0n) is 16.0. The van der Waals surface area contributed by atoms with Crippen molar-refractivity contribution in [2.24, 2.45) is 0 Å². The minimum absolute atomic E-state index is 0.373. The van der Waals surface area contributed by atoms with Crippen LogP contribution < -0.4 is 0 Å². The SMILES string of the molecule is Cc1nc2cnc3ccc(-c4cnc5[nH]ccc5c4)cc3c2n1-c1ccc(F)cn1. The highest BCUT2D eigenvalue weighted by molar-refractivity contribution is 6.04. The Morgan fingerprint density at radius 2 is 1.80 bits per heavy atom. The van der Waals surface area contributed by atoms with Crippen LogP contribution in [-0.2, 0) is 0 Å². The molecular formula is C23H15FN6. The largest absolute Gasteiger partial charge is 0.346 e. The standard InChI is InChI=1S/C23H15FN6/c1-13-29-20-12-26-19-4-2-14(16-8-15-6-7-25-23(15)28-10-16)9-18(19)22(20)30(13)21-5-3-17(24)11-27-21/h2-12H,1H3,(H,25,28). The van der Waals surface area contributed by atoms with Crippen LogP contribution in [0.3, 0.4) is 0 Å². The summed E-state index contributed by atoms with van der Waals surface area (Å²) in [5.41, 5.74) is 5.43. The van der Waals surface area contributed by atoms with Crippen LogP contribution in [0.15, 0.2) is 67.3 Å². The van der Waals surface area contributed by atoms with E-state index in [0.29, 0.717) is 5.82 Å². The first kappa shape index (κ1) is 16.8. The number of pyridine rings is 3. The summed E-state index contributed by atoms with van der Waals surface area (Å²) in [7, 11) is 0. The number of H-pyrrole nitrogens is 1. The van der Waals surface area contributed by atoms with Gasteiger partial charge in [-0.25, -0.2) is 19.3 Å². The van der Waals surface area contributed by atoms with Gasteiger partial charge in [0.25, 0.3) is 0 Å². The number of hydrogen-bond donors (Lipinski definition) is 1. The molecule has 5 heterocycles. The van der Waals surface area contributed by atoms with Gasteiger partial charge in [-0.3, -0.25) is 9.55 Å². The summed E-state index contributed by atoms with van der Waals surface area (Å²) >= 11 is 0. The van der Waals surface area contributed by atoms with E-state index in [1.54, 1.807) is 12.3 Å². The van der Waals surface area contributed by atoms with Crippen molar-refractivity contribution in [3.8, 4) is 16.9 Å². The number of fused-ring (bicyclic) bond motifs is 4. The smallest absolute Gasteiger partial charge is 0.141 e. The summed E-state index contributed by atoms with van der Waals surface area (Å²) in [6.45, 7) is 1.91. The second-order valence-corrected chi connectivity index (χ2v) is 7.19. The number of aromatic amines is 1. The highest BCUT2D eigenvalue weighted by Crippen LogP contribution is 2.31. The van der Waals surface area contributed by atoms with Gasteiger partial charge in [0.2, 0.25) is 0 Å². The summed E-state index contributed by atoms with van der Waals surface area (Å²) in [6.07, 6.45) is 6.72. The third-order valence-electron chi connectivity index (χ3n) is 5.32. The van der Waals surface area contributed by atoms with Gasteiger partial charge >= 0.3 is 0 Å². The van der Waals surface area contributed by atoms with Gasteiger partial charge in [-0.15, -0.1) is 0 Å². The van der Waals surface area contributed by atoms with E-state index in [1.165, 1.54) is 12.3 Å². The molecule has 0 aliphatic rings. The van der Waals surface area contributed by atoms with Crippen LogP contribution in [0.5, 0.6) is 0 Å². The van der Waals surface area contributed by atoms with Crippen molar-refractivity contribution in [3.05, 3.63) is 78.9 Å². The Morgan fingerprint density at radius 1 is 0.867 bits per heavy atom. The van der Waals surface area contributed by atoms with Crippen LogP contribution in [0.1, 0.15) is 5.82 Å². The number of aromatic nitrogens is 6. The van der Waals surface area contributed by atoms with Crippen LogP contribution in [0, 0.1) is 12.7 Å². The first-order chi connectivity index (χ1) is 14.7. The fraction of sp³-hybridized carbons (Fsp3) is 0.0435. The maximum atomic E-state index is 13.4. The lowest BCUT2D eigenvalue weighted by molar-refractivity contribution is 0.620. The van der Waals surface area contributed by atoms with Gasteiger partial charge in [0.15, 0.2) is 0 Å². The molecule has 6 nitrogen and oxygen atoms in total. The van der Waals surface area contributed by atoms with E-state index in [1.807, 2.05) is 42.1 Å². The summed E-state index contributed by atoms with van der Waals surface area (Å²) < 4.78 is 15.4. The number of hydrogen-bond acceptors (Lipinski definition) is 4. The quantitative estimate of drug-likeness (QED) is 0.451. The minimum Gasteiger partial charge on any atom is -0.346 e. The molecule has 0 unspecified atom stereocenters. The van der Waals surface area contributed by atoms with Crippen molar-refractivity contribution in [2.45, 2.75) is 6.92 Å². The van der Waals surface area contributed by atoms with E-state index in [0.717, 1.165) is 49.9 Å². The van der Waals surface area contributed by atoms with E-state index in [2.05, 4.69) is 37.1 Å².